The average molecular weight is 292 g/mol. The molecule has 0 amide bonds. The quantitative estimate of drug-likeness (QED) is 0.735. The Bertz CT molecular complexity index is 200. The molecule has 1 unspecified atom stereocenters. The van der Waals surface area contributed by atoms with Gasteiger partial charge < -0.3 is 4.90 Å². The maximum Gasteiger partial charge on any atom is 0.0100 e. The van der Waals surface area contributed by atoms with Gasteiger partial charge in [0, 0.05) is 30.7 Å². The van der Waals surface area contributed by atoms with Crippen LogP contribution in [0.5, 0.6) is 0 Å². The Morgan fingerprint density at radius 2 is 2.27 bits per heavy atom. The van der Waals surface area contributed by atoms with E-state index in [4.69, 9.17) is 0 Å². The minimum absolute atomic E-state index is 0.634. The minimum Gasteiger partial charge on any atom is -0.302 e. The van der Waals surface area contributed by atoms with E-state index in [1.54, 1.807) is 0 Å². The zero-order valence-corrected chi connectivity index (χ0v) is 12.1. The second-order valence-corrected chi connectivity index (χ2v) is 7.11. The molecule has 2 aliphatic rings. The average Bonchev–Trinajstić information content (AvgIpc) is 2.36. The highest BCUT2D eigenvalue weighted by atomic mass is 79.9. The standard InChI is InChI=1S/C12H22BrNS/c1-11-7-14(5-6-15-8-11)10-12(9-13)3-2-4-12/h11H,2-10H2,1H3. The van der Waals surface area contributed by atoms with Crippen molar-refractivity contribution in [1.29, 1.82) is 0 Å². The molecule has 1 aliphatic carbocycles. The molecular weight excluding hydrogens is 270 g/mol. The van der Waals surface area contributed by atoms with E-state index in [1.165, 1.54) is 55.7 Å². The Labute approximate surface area is 106 Å². The number of halogens is 1. The number of hydrogen-bond donors (Lipinski definition) is 0. The summed E-state index contributed by atoms with van der Waals surface area (Å²) in [5.74, 6) is 3.57. The largest absolute Gasteiger partial charge is 0.302 e. The molecule has 2 rings (SSSR count). The van der Waals surface area contributed by atoms with Crippen molar-refractivity contribution in [2.24, 2.45) is 11.3 Å². The lowest BCUT2D eigenvalue weighted by Gasteiger charge is -2.44. The highest BCUT2D eigenvalue weighted by molar-refractivity contribution is 9.09. The number of rotatable bonds is 3. The second kappa shape index (κ2) is 5.42. The summed E-state index contributed by atoms with van der Waals surface area (Å²) in [5, 5.41) is 1.21. The van der Waals surface area contributed by atoms with Crippen LogP contribution in [-0.4, -0.2) is 41.4 Å². The molecule has 0 radical (unpaired) electrons. The fourth-order valence-electron chi connectivity index (χ4n) is 2.69. The smallest absolute Gasteiger partial charge is 0.0100 e. The highest BCUT2D eigenvalue weighted by Crippen LogP contribution is 2.43. The summed E-state index contributed by atoms with van der Waals surface area (Å²) in [6.07, 6.45) is 4.33. The third kappa shape index (κ3) is 3.13. The van der Waals surface area contributed by atoms with Gasteiger partial charge in [0.2, 0.25) is 0 Å². The van der Waals surface area contributed by atoms with Crippen molar-refractivity contribution in [1.82, 2.24) is 4.90 Å². The van der Waals surface area contributed by atoms with Gasteiger partial charge in [0.05, 0.1) is 0 Å². The minimum atomic E-state index is 0.634. The van der Waals surface area contributed by atoms with Crippen LogP contribution in [0.25, 0.3) is 0 Å². The topological polar surface area (TPSA) is 3.24 Å². The summed E-state index contributed by atoms with van der Waals surface area (Å²) in [7, 11) is 0. The van der Waals surface area contributed by atoms with Crippen LogP contribution in [0.4, 0.5) is 0 Å². The molecule has 1 saturated carbocycles. The molecule has 1 saturated heterocycles. The normalized spacial score (nSPS) is 32.0. The van der Waals surface area contributed by atoms with E-state index in [9.17, 15) is 0 Å². The molecule has 0 aromatic rings. The zero-order chi connectivity index (χ0) is 10.7. The maximum atomic E-state index is 3.71. The van der Waals surface area contributed by atoms with Crippen LogP contribution in [0.2, 0.25) is 0 Å². The van der Waals surface area contributed by atoms with Crippen LogP contribution >= 0.6 is 27.7 Å². The fraction of sp³-hybridized carbons (Fsp3) is 1.00. The van der Waals surface area contributed by atoms with Crippen LogP contribution in [0, 0.1) is 11.3 Å². The second-order valence-electron chi connectivity index (χ2n) is 5.40. The third-order valence-corrected chi connectivity index (χ3v) is 6.25. The molecule has 0 N–H and O–H groups in total. The molecule has 1 atom stereocenters. The lowest BCUT2D eigenvalue weighted by Crippen LogP contribution is -2.45. The Morgan fingerprint density at radius 3 is 2.87 bits per heavy atom. The lowest BCUT2D eigenvalue weighted by atomic mass is 9.70. The molecule has 0 bridgehead atoms. The predicted octanol–water partition coefficient (Wildman–Crippen LogP) is 3.24. The molecule has 2 fully saturated rings. The Hall–Kier alpha value is 0.790. The first kappa shape index (κ1) is 12.3. The van der Waals surface area contributed by atoms with Gasteiger partial charge in [-0.3, -0.25) is 0 Å². The van der Waals surface area contributed by atoms with E-state index < -0.39 is 0 Å². The van der Waals surface area contributed by atoms with E-state index in [1.807, 2.05) is 0 Å². The summed E-state index contributed by atoms with van der Waals surface area (Å²) >= 11 is 5.85. The third-order valence-electron chi connectivity index (χ3n) is 3.78. The predicted molar refractivity (Wildman–Crippen MR) is 73.0 cm³/mol. The molecule has 1 heterocycles. The molecule has 1 aliphatic heterocycles. The van der Waals surface area contributed by atoms with E-state index in [0.29, 0.717) is 5.41 Å². The van der Waals surface area contributed by atoms with Crippen molar-refractivity contribution in [3.05, 3.63) is 0 Å². The van der Waals surface area contributed by atoms with Crippen LogP contribution in [0.1, 0.15) is 26.2 Å². The summed E-state index contributed by atoms with van der Waals surface area (Å²) < 4.78 is 0. The molecule has 1 nitrogen and oxygen atoms in total. The van der Waals surface area contributed by atoms with E-state index in [-0.39, 0.29) is 0 Å². The maximum absolute atomic E-state index is 3.71. The molecule has 0 spiro atoms. The SMILES string of the molecule is CC1CSCCN(CC2(CBr)CCC2)C1. The number of thioether (sulfide) groups is 1. The number of nitrogens with zero attached hydrogens (tertiary/aromatic N) is 1. The van der Waals surface area contributed by atoms with Gasteiger partial charge in [-0.1, -0.05) is 29.3 Å². The molecule has 15 heavy (non-hydrogen) atoms. The number of hydrogen-bond acceptors (Lipinski definition) is 2. The first-order valence-electron chi connectivity index (χ1n) is 6.10. The van der Waals surface area contributed by atoms with Gasteiger partial charge in [0.1, 0.15) is 0 Å². The van der Waals surface area contributed by atoms with Gasteiger partial charge in [-0.2, -0.15) is 11.8 Å². The van der Waals surface area contributed by atoms with Crippen LogP contribution in [0.15, 0.2) is 0 Å². The Balaban J connectivity index is 1.86. The lowest BCUT2D eigenvalue weighted by molar-refractivity contribution is 0.0896. The number of alkyl halides is 1. The van der Waals surface area contributed by atoms with Crippen molar-refractivity contribution in [3.8, 4) is 0 Å². The van der Waals surface area contributed by atoms with Crippen molar-refractivity contribution < 1.29 is 0 Å². The molecule has 0 aromatic heterocycles. The molecule has 3 heteroatoms. The summed E-state index contributed by atoms with van der Waals surface area (Å²) in [5.41, 5.74) is 0.634. The molecular formula is C12H22BrNS. The molecule has 88 valence electrons. The van der Waals surface area contributed by atoms with Crippen molar-refractivity contribution in [2.45, 2.75) is 26.2 Å². The van der Waals surface area contributed by atoms with Gasteiger partial charge >= 0.3 is 0 Å². The molecule has 0 aromatic carbocycles. The summed E-state index contributed by atoms with van der Waals surface area (Å²) in [4.78, 5) is 2.71. The van der Waals surface area contributed by atoms with E-state index in [2.05, 4.69) is 39.5 Å². The van der Waals surface area contributed by atoms with Crippen LogP contribution in [0.3, 0.4) is 0 Å². The van der Waals surface area contributed by atoms with Crippen molar-refractivity contribution >= 4 is 27.7 Å². The van der Waals surface area contributed by atoms with Gasteiger partial charge in [-0.05, 0) is 29.9 Å². The van der Waals surface area contributed by atoms with Crippen LogP contribution < -0.4 is 0 Å². The Morgan fingerprint density at radius 1 is 1.47 bits per heavy atom. The van der Waals surface area contributed by atoms with E-state index in [0.717, 1.165) is 5.92 Å². The van der Waals surface area contributed by atoms with Crippen molar-refractivity contribution in [2.75, 3.05) is 36.5 Å². The summed E-state index contributed by atoms with van der Waals surface area (Å²) in [6, 6.07) is 0. The zero-order valence-electron chi connectivity index (χ0n) is 9.67. The van der Waals surface area contributed by atoms with Crippen LogP contribution in [-0.2, 0) is 0 Å². The Kier molecular flexibility index (Phi) is 4.42. The van der Waals surface area contributed by atoms with Gasteiger partial charge in [0.15, 0.2) is 0 Å². The summed E-state index contributed by atoms with van der Waals surface area (Å²) in [6.45, 7) is 6.36. The van der Waals surface area contributed by atoms with Gasteiger partial charge in [0.25, 0.3) is 0 Å². The van der Waals surface area contributed by atoms with E-state index >= 15 is 0 Å². The van der Waals surface area contributed by atoms with Crippen molar-refractivity contribution in [3.63, 3.8) is 0 Å². The highest BCUT2D eigenvalue weighted by Gasteiger charge is 2.37. The first-order valence-corrected chi connectivity index (χ1v) is 8.38. The monoisotopic (exact) mass is 291 g/mol. The van der Waals surface area contributed by atoms with Gasteiger partial charge in [-0.25, -0.2) is 0 Å². The van der Waals surface area contributed by atoms with Gasteiger partial charge in [-0.15, -0.1) is 0 Å². The fourth-order valence-corrected chi connectivity index (χ4v) is 4.49. The first-order chi connectivity index (χ1) is 7.24.